The lowest BCUT2D eigenvalue weighted by molar-refractivity contribution is 0.479. The minimum atomic E-state index is 0.437. The summed E-state index contributed by atoms with van der Waals surface area (Å²) in [4.78, 5) is 3.95. The third-order valence-electron chi connectivity index (χ3n) is 1.46. The highest BCUT2D eigenvalue weighted by Crippen LogP contribution is 2.28. The number of aromatic nitrogens is 1. The number of benzene rings is 1. The second kappa shape index (κ2) is 4.17. The molecule has 0 aliphatic heterocycles. The Morgan fingerprint density at radius 1 is 1.29 bits per heavy atom. The predicted octanol–water partition coefficient (Wildman–Crippen LogP) is 4.24. The minimum absolute atomic E-state index is 0.437. The first-order valence-corrected chi connectivity index (χ1v) is 5.42. The average molecular weight is 246 g/mol. The quantitative estimate of drug-likeness (QED) is 0.790. The van der Waals surface area contributed by atoms with Gasteiger partial charge in [-0.3, -0.25) is 0 Å². The fourth-order valence-corrected chi connectivity index (χ4v) is 1.90. The van der Waals surface area contributed by atoms with E-state index in [1.165, 1.54) is 11.3 Å². The fraction of sp³-hybridized carbons (Fsp3) is 0. The lowest BCUT2D eigenvalue weighted by Crippen LogP contribution is -1.81. The van der Waals surface area contributed by atoms with Crippen molar-refractivity contribution in [3.8, 4) is 10.9 Å². The van der Waals surface area contributed by atoms with Crippen LogP contribution in [0, 0.1) is 0 Å². The maximum atomic E-state index is 5.79. The number of nitrogens with zero attached hydrogens (tertiary/aromatic N) is 1. The Balaban J connectivity index is 2.18. The molecule has 0 amide bonds. The zero-order chi connectivity index (χ0) is 9.97. The Morgan fingerprint density at radius 2 is 2.14 bits per heavy atom. The van der Waals surface area contributed by atoms with Crippen LogP contribution in [0.1, 0.15) is 0 Å². The molecule has 0 fully saturated rings. The highest BCUT2D eigenvalue weighted by Gasteiger charge is 2.02. The summed E-state index contributed by atoms with van der Waals surface area (Å²) in [7, 11) is 0. The Morgan fingerprint density at radius 3 is 2.79 bits per heavy atom. The van der Waals surface area contributed by atoms with Gasteiger partial charge < -0.3 is 4.74 Å². The van der Waals surface area contributed by atoms with E-state index >= 15 is 0 Å². The van der Waals surface area contributed by atoms with Crippen molar-refractivity contribution in [2.75, 3.05) is 0 Å². The number of halogens is 2. The molecule has 1 aromatic carbocycles. The smallest absolute Gasteiger partial charge is 0.280 e. The van der Waals surface area contributed by atoms with Crippen molar-refractivity contribution < 1.29 is 4.74 Å². The van der Waals surface area contributed by atoms with E-state index in [-0.39, 0.29) is 0 Å². The second-order valence-electron chi connectivity index (χ2n) is 2.50. The van der Waals surface area contributed by atoms with Crippen LogP contribution in [0.15, 0.2) is 29.6 Å². The maximum Gasteiger partial charge on any atom is 0.280 e. The SMILES string of the molecule is Clc1cccc(Oc2nc(Cl)cs2)c1. The second-order valence-corrected chi connectivity index (χ2v) is 4.14. The van der Waals surface area contributed by atoms with Crippen LogP contribution in [-0.4, -0.2) is 4.98 Å². The van der Waals surface area contributed by atoms with Gasteiger partial charge in [-0.15, -0.1) is 0 Å². The lowest BCUT2D eigenvalue weighted by Gasteiger charge is -2.00. The summed E-state index contributed by atoms with van der Waals surface area (Å²) in [5.41, 5.74) is 0. The van der Waals surface area contributed by atoms with Crippen molar-refractivity contribution in [3.63, 3.8) is 0 Å². The third-order valence-corrected chi connectivity index (χ3v) is 2.73. The first-order chi connectivity index (χ1) is 6.74. The molecule has 0 saturated heterocycles. The van der Waals surface area contributed by atoms with Gasteiger partial charge in [-0.1, -0.05) is 40.6 Å². The molecule has 0 unspecified atom stereocenters. The molecule has 2 aromatic rings. The number of hydrogen-bond donors (Lipinski definition) is 0. The van der Waals surface area contributed by atoms with Gasteiger partial charge >= 0.3 is 0 Å². The van der Waals surface area contributed by atoms with E-state index in [2.05, 4.69) is 4.98 Å². The minimum Gasteiger partial charge on any atom is -0.431 e. The molecule has 0 atom stereocenters. The highest BCUT2D eigenvalue weighted by molar-refractivity contribution is 7.11. The number of rotatable bonds is 2. The topological polar surface area (TPSA) is 22.1 Å². The molecular weight excluding hydrogens is 241 g/mol. The van der Waals surface area contributed by atoms with E-state index < -0.39 is 0 Å². The average Bonchev–Trinajstić information content (AvgIpc) is 2.51. The van der Waals surface area contributed by atoms with Gasteiger partial charge in [0.1, 0.15) is 10.9 Å². The van der Waals surface area contributed by atoms with E-state index in [1.54, 1.807) is 23.6 Å². The van der Waals surface area contributed by atoms with Crippen LogP contribution in [0.5, 0.6) is 10.9 Å². The van der Waals surface area contributed by atoms with Gasteiger partial charge in [-0.05, 0) is 18.2 Å². The monoisotopic (exact) mass is 245 g/mol. The number of ether oxygens (including phenoxy) is 1. The molecule has 1 aromatic heterocycles. The van der Waals surface area contributed by atoms with Gasteiger partial charge in [0, 0.05) is 10.4 Å². The Labute approximate surface area is 95.1 Å². The molecule has 0 bridgehead atoms. The van der Waals surface area contributed by atoms with Gasteiger partial charge in [0.05, 0.1) is 0 Å². The Hall–Kier alpha value is -0.770. The molecule has 1 heterocycles. The molecule has 0 saturated carbocycles. The molecule has 5 heteroatoms. The van der Waals surface area contributed by atoms with Crippen LogP contribution in [-0.2, 0) is 0 Å². The summed E-state index contributed by atoms with van der Waals surface area (Å²) in [6.45, 7) is 0. The van der Waals surface area contributed by atoms with E-state index in [4.69, 9.17) is 27.9 Å². The third kappa shape index (κ3) is 2.38. The summed E-state index contributed by atoms with van der Waals surface area (Å²) in [5.74, 6) is 0.656. The van der Waals surface area contributed by atoms with Crippen molar-refractivity contribution in [1.82, 2.24) is 4.98 Å². The van der Waals surface area contributed by atoms with Gasteiger partial charge in [0.2, 0.25) is 0 Å². The van der Waals surface area contributed by atoms with Gasteiger partial charge in [-0.25, -0.2) is 0 Å². The van der Waals surface area contributed by atoms with Crippen LogP contribution >= 0.6 is 34.5 Å². The van der Waals surface area contributed by atoms with E-state index in [1.807, 2.05) is 6.07 Å². The first-order valence-electron chi connectivity index (χ1n) is 3.78. The van der Waals surface area contributed by atoms with Crippen LogP contribution in [0.2, 0.25) is 10.2 Å². The zero-order valence-electron chi connectivity index (χ0n) is 6.91. The maximum absolute atomic E-state index is 5.79. The van der Waals surface area contributed by atoms with Crippen LogP contribution in [0.4, 0.5) is 0 Å². The molecule has 72 valence electrons. The standard InChI is InChI=1S/C9H5Cl2NOS/c10-6-2-1-3-7(4-6)13-9-12-8(11)5-14-9/h1-5H. The lowest BCUT2D eigenvalue weighted by atomic mass is 10.3. The summed E-state index contributed by atoms with van der Waals surface area (Å²) in [5, 5.41) is 3.29. The molecule has 0 radical (unpaired) electrons. The van der Waals surface area contributed by atoms with Crippen molar-refractivity contribution in [2.45, 2.75) is 0 Å². The normalized spacial score (nSPS) is 10.1. The van der Waals surface area contributed by atoms with Gasteiger partial charge in [0.25, 0.3) is 5.19 Å². The van der Waals surface area contributed by atoms with Crippen molar-refractivity contribution in [2.24, 2.45) is 0 Å². The number of hydrogen-bond acceptors (Lipinski definition) is 3. The molecule has 0 aliphatic carbocycles. The van der Waals surface area contributed by atoms with E-state index in [0.29, 0.717) is 21.1 Å². The highest BCUT2D eigenvalue weighted by atomic mass is 35.5. The largest absolute Gasteiger partial charge is 0.431 e. The Kier molecular flexibility index (Phi) is 2.91. The first kappa shape index (κ1) is 9.77. The molecule has 14 heavy (non-hydrogen) atoms. The van der Waals surface area contributed by atoms with Crippen LogP contribution in [0.25, 0.3) is 0 Å². The summed E-state index contributed by atoms with van der Waals surface area (Å²) >= 11 is 12.8. The molecule has 0 aliphatic rings. The predicted molar refractivity (Wildman–Crippen MR) is 58.7 cm³/mol. The van der Waals surface area contributed by atoms with Crippen LogP contribution in [0.3, 0.4) is 0 Å². The fourth-order valence-electron chi connectivity index (χ4n) is 0.917. The van der Waals surface area contributed by atoms with Crippen LogP contribution < -0.4 is 4.74 Å². The molecular formula is C9H5Cl2NOS. The summed E-state index contributed by atoms with van der Waals surface area (Å²) in [6.07, 6.45) is 0. The van der Waals surface area contributed by atoms with Gasteiger partial charge in [0.15, 0.2) is 0 Å². The zero-order valence-corrected chi connectivity index (χ0v) is 9.23. The molecule has 0 spiro atoms. The molecule has 2 nitrogen and oxygen atoms in total. The Bertz CT molecular complexity index is 444. The molecule has 2 rings (SSSR count). The van der Waals surface area contributed by atoms with Crippen molar-refractivity contribution in [1.29, 1.82) is 0 Å². The number of thiazole rings is 1. The van der Waals surface area contributed by atoms with E-state index in [9.17, 15) is 0 Å². The summed E-state index contributed by atoms with van der Waals surface area (Å²) in [6, 6.07) is 7.12. The molecule has 0 N–H and O–H groups in total. The van der Waals surface area contributed by atoms with E-state index in [0.717, 1.165) is 0 Å². The summed E-state index contributed by atoms with van der Waals surface area (Å²) < 4.78 is 5.42. The van der Waals surface area contributed by atoms with Crippen molar-refractivity contribution >= 4 is 34.5 Å². The van der Waals surface area contributed by atoms with Gasteiger partial charge in [-0.2, -0.15) is 4.98 Å². The van der Waals surface area contributed by atoms with Crippen molar-refractivity contribution in [3.05, 3.63) is 39.8 Å².